The highest BCUT2D eigenvalue weighted by atomic mass is 32.2. The molecule has 0 bridgehead atoms. The molecule has 0 saturated carbocycles. The second kappa shape index (κ2) is 8.05. The van der Waals surface area contributed by atoms with Crippen molar-refractivity contribution in [3.05, 3.63) is 29.8 Å². The molecular weight excluding hydrogens is 376 g/mol. The Morgan fingerprint density at radius 3 is 2.44 bits per heavy atom. The van der Waals surface area contributed by atoms with Crippen molar-refractivity contribution < 1.29 is 32.3 Å². The number of carbonyl (C=O) groups is 3. The van der Waals surface area contributed by atoms with Crippen molar-refractivity contribution in [2.24, 2.45) is 5.92 Å². The van der Waals surface area contributed by atoms with Crippen LogP contribution in [0, 0.1) is 5.92 Å². The van der Waals surface area contributed by atoms with Crippen molar-refractivity contribution in [2.75, 3.05) is 13.8 Å². The molecule has 0 spiro atoms. The van der Waals surface area contributed by atoms with Gasteiger partial charge >= 0.3 is 22.1 Å². The summed E-state index contributed by atoms with van der Waals surface area (Å²) in [5.41, 5.74) is -0.0520. The Labute approximate surface area is 158 Å². The number of rotatable bonds is 6. The SMILES string of the molecule is CC(=O)Oc1ccccc1C(=O)OCN1C(=O)[C@H](CC(C)C)N(C)S1(=O)=O. The lowest BCUT2D eigenvalue weighted by atomic mass is 10.0. The van der Waals surface area contributed by atoms with Crippen LogP contribution in [0.25, 0.3) is 0 Å². The van der Waals surface area contributed by atoms with E-state index in [1.54, 1.807) is 6.07 Å². The monoisotopic (exact) mass is 398 g/mol. The van der Waals surface area contributed by atoms with Gasteiger partial charge in [0.05, 0.1) is 0 Å². The molecule has 1 aliphatic heterocycles. The predicted octanol–water partition coefficient (Wildman–Crippen LogP) is 1.16. The minimum atomic E-state index is -4.06. The van der Waals surface area contributed by atoms with Gasteiger partial charge in [-0.3, -0.25) is 9.59 Å². The van der Waals surface area contributed by atoms with E-state index in [0.717, 1.165) is 4.31 Å². The number of likely N-dealkylation sites (N-methyl/N-ethyl adjacent to an activating group) is 1. The van der Waals surface area contributed by atoms with E-state index in [0.29, 0.717) is 10.7 Å². The highest BCUT2D eigenvalue weighted by Crippen LogP contribution is 2.27. The minimum Gasteiger partial charge on any atom is -0.439 e. The van der Waals surface area contributed by atoms with E-state index in [1.165, 1.54) is 32.2 Å². The molecule has 0 aliphatic carbocycles. The molecule has 1 heterocycles. The fourth-order valence-corrected chi connectivity index (χ4v) is 4.00. The summed E-state index contributed by atoms with van der Waals surface area (Å²) in [7, 11) is -2.74. The molecule has 0 unspecified atom stereocenters. The summed E-state index contributed by atoms with van der Waals surface area (Å²) in [6.45, 7) is 4.18. The minimum absolute atomic E-state index is 0.0135. The summed E-state index contributed by atoms with van der Waals surface area (Å²) in [4.78, 5) is 35.9. The molecule has 1 aliphatic rings. The van der Waals surface area contributed by atoms with Gasteiger partial charge in [0.1, 0.15) is 17.4 Å². The van der Waals surface area contributed by atoms with E-state index in [1.807, 2.05) is 13.8 Å². The Hall–Kier alpha value is -2.46. The fraction of sp³-hybridized carbons (Fsp3) is 0.471. The number of nitrogens with zero attached hydrogens (tertiary/aromatic N) is 2. The van der Waals surface area contributed by atoms with E-state index in [-0.39, 0.29) is 17.2 Å². The van der Waals surface area contributed by atoms with Gasteiger partial charge in [-0.15, -0.1) is 0 Å². The van der Waals surface area contributed by atoms with E-state index in [2.05, 4.69) is 0 Å². The standard InChI is InChI=1S/C17H22N2O7S/c1-11(2)9-14-16(21)19(27(23,24)18(14)4)10-25-17(22)13-7-5-6-8-15(13)26-12(3)20/h5-8,11,14H,9-10H2,1-4H3/t14-/m0/s1. The smallest absolute Gasteiger partial charge is 0.343 e. The summed E-state index contributed by atoms with van der Waals surface area (Å²) < 4.78 is 36.3. The Kier molecular flexibility index (Phi) is 6.22. The van der Waals surface area contributed by atoms with E-state index < -0.39 is 40.8 Å². The number of hydrogen-bond acceptors (Lipinski definition) is 7. The molecule has 1 aromatic carbocycles. The lowest BCUT2D eigenvalue weighted by Gasteiger charge is -2.16. The summed E-state index contributed by atoms with van der Waals surface area (Å²) >= 11 is 0. The molecule has 1 aromatic rings. The first kappa shape index (κ1) is 20.8. The van der Waals surface area contributed by atoms with Gasteiger partial charge in [-0.1, -0.05) is 26.0 Å². The summed E-state index contributed by atoms with van der Waals surface area (Å²) in [5, 5.41) is 0. The van der Waals surface area contributed by atoms with Crippen LogP contribution in [0.5, 0.6) is 5.75 Å². The van der Waals surface area contributed by atoms with Gasteiger partial charge < -0.3 is 9.47 Å². The first-order valence-electron chi connectivity index (χ1n) is 8.29. The topological polar surface area (TPSA) is 110 Å². The lowest BCUT2D eigenvalue weighted by Crippen LogP contribution is -2.35. The van der Waals surface area contributed by atoms with Gasteiger partial charge in [0, 0.05) is 14.0 Å². The Morgan fingerprint density at radius 2 is 1.85 bits per heavy atom. The summed E-state index contributed by atoms with van der Waals surface area (Å²) in [6.07, 6.45) is 0.355. The quantitative estimate of drug-likeness (QED) is 0.522. The Balaban J connectivity index is 2.15. The van der Waals surface area contributed by atoms with Crippen LogP contribution >= 0.6 is 0 Å². The molecule has 1 fully saturated rings. The maximum Gasteiger partial charge on any atom is 0.343 e. The molecule has 0 N–H and O–H groups in total. The summed E-state index contributed by atoms with van der Waals surface area (Å²) in [6, 6.07) is 5.04. The highest BCUT2D eigenvalue weighted by Gasteiger charge is 2.48. The van der Waals surface area contributed by atoms with Crippen molar-refractivity contribution in [3.63, 3.8) is 0 Å². The van der Waals surface area contributed by atoms with Crippen molar-refractivity contribution >= 4 is 28.1 Å². The Bertz CT molecular complexity index is 851. The second-order valence-corrected chi connectivity index (χ2v) is 8.42. The van der Waals surface area contributed by atoms with Gasteiger partial charge in [-0.25, -0.2) is 4.79 Å². The van der Waals surface area contributed by atoms with Crippen molar-refractivity contribution in [1.29, 1.82) is 0 Å². The van der Waals surface area contributed by atoms with E-state index in [9.17, 15) is 22.8 Å². The molecule has 1 amide bonds. The fourth-order valence-electron chi connectivity index (χ4n) is 2.65. The molecule has 0 radical (unpaired) electrons. The zero-order valence-corrected chi connectivity index (χ0v) is 16.4. The van der Waals surface area contributed by atoms with Crippen LogP contribution in [0.15, 0.2) is 24.3 Å². The second-order valence-electron chi connectivity index (χ2n) is 6.51. The summed E-state index contributed by atoms with van der Waals surface area (Å²) in [5.74, 6) is -2.09. The predicted molar refractivity (Wildman–Crippen MR) is 94.8 cm³/mol. The lowest BCUT2D eigenvalue weighted by molar-refractivity contribution is -0.132. The maximum atomic E-state index is 12.5. The van der Waals surface area contributed by atoms with Crippen LogP contribution in [-0.4, -0.2) is 54.7 Å². The van der Waals surface area contributed by atoms with Crippen LogP contribution < -0.4 is 4.74 Å². The molecule has 10 heteroatoms. The largest absolute Gasteiger partial charge is 0.439 e. The van der Waals surface area contributed by atoms with Crippen molar-refractivity contribution in [2.45, 2.75) is 33.2 Å². The molecule has 1 saturated heterocycles. The van der Waals surface area contributed by atoms with Gasteiger partial charge in [0.2, 0.25) is 0 Å². The maximum absolute atomic E-state index is 12.5. The molecule has 1 atom stereocenters. The number of hydrogen-bond donors (Lipinski definition) is 0. The first-order chi connectivity index (χ1) is 12.6. The third-order valence-corrected chi connectivity index (χ3v) is 5.81. The van der Waals surface area contributed by atoms with Crippen LogP contribution in [0.4, 0.5) is 0 Å². The molecule has 0 aromatic heterocycles. The number of esters is 2. The molecule has 27 heavy (non-hydrogen) atoms. The van der Waals surface area contributed by atoms with Crippen LogP contribution in [-0.2, 0) is 24.5 Å². The molecule has 9 nitrogen and oxygen atoms in total. The number of carbonyl (C=O) groups excluding carboxylic acids is 3. The van der Waals surface area contributed by atoms with E-state index >= 15 is 0 Å². The van der Waals surface area contributed by atoms with Crippen molar-refractivity contribution in [1.82, 2.24) is 8.61 Å². The van der Waals surface area contributed by atoms with Crippen LogP contribution in [0.2, 0.25) is 0 Å². The zero-order valence-electron chi connectivity index (χ0n) is 15.5. The van der Waals surface area contributed by atoms with Gasteiger partial charge in [-0.2, -0.15) is 17.0 Å². The molecule has 2 rings (SSSR count). The van der Waals surface area contributed by atoms with E-state index in [4.69, 9.17) is 9.47 Å². The number of benzene rings is 1. The first-order valence-corrected chi connectivity index (χ1v) is 9.69. The number of ether oxygens (including phenoxy) is 2. The van der Waals surface area contributed by atoms with Crippen LogP contribution in [0.1, 0.15) is 37.6 Å². The van der Waals surface area contributed by atoms with Gasteiger partial charge in [-0.05, 0) is 24.5 Å². The zero-order chi connectivity index (χ0) is 20.4. The third-order valence-electron chi connectivity index (χ3n) is 3.98. The average molecular weight is 398 g/mol. The van der Waals surface area contributed by atoms with Crippen LogP contribution in [0.3, 0.4) is 0 Å². The third kappa shape index (κ3) is 4.45. The van der Waals surface area contributed by atoms with Gasteiger partial charge in [0.15, 0.2) is 6.73 Å². The average Bonchev–Trinajstić information content (AvgIpc) is 2.72. The number of amides is 1. The molecular formula is C17H22N2O7S. The highest BCUT2D eigenvalue weighted by molar-refractivity contribution is 7.87. The molecule has 148 valence electrons. The van der Waals surface area contributed by atoms with Crippen molar-refractivity contribution in [3.8, 4) is 5.75 Å². The normalized spacial score (nSPS) is 19.4. The Morgan fingerprint density at radius 1 is 1.22 bits per heavy atom. The number of para-hydroxylation sites is 1. The van der Waals surface area contributed by atoms with Gasteiger partial charge in [0.25, 0.3) is 5.91 Å².